The van der Waals surface area contributed by atoms with Gasteiger partial charge in [0, 0.05) is 0 Å². The molecule has 0 saturated heterocycles. The Morgan fingerprint density at radius 3 is 2.94 bits per heavy atom. The van der Waals surface area contributed by atoms with Crippen LogP contribution in [0, 0.1) is 5.92 Å². The molecule has 0 amide bonds. The number of rotatable bonds is 4. The standard InChI is InChI=1S/C14H16O2/c1(3-11-5-6-11)2-4-12-7-8-13-14(9-12)16-10-15-13/h1,3,7-9,11H,2,4-6,10H2/b3-1+. The van der Waals surface area contributed by atoms with Crippen molar-refractivity contribution >= 4 is 0 Å². The van der Waals surface area contributed by atoms with Crippen LogP contribution in [0.1, 0.15) is 24.8 Å². The van der Waals surface area contributed by atoms with E-state index >= 15 is 0 Å². The largest absolute Gasteiger partial charge is 0.454 e. The topological polar surface area (TPSA) is 18.5 Å². The quantitative estimate of drug-likeness (QED) is 0.719. The van der Waals surface area contributed by atoms with E-state index in [0.717, 1.165) is 30.3 Å². The summed E-state index contributed by atoms with van der Waals surface area (Å²) in [5, 5.41) is 0. The molecule has 1 aliphatic heterocycles. The first-order valence-corrected chi connectivity index (χ1v) is 5.97. The average molecular weight is 216 g/mol. The van der Waals surface area contributed by atoms with Crippen LogP contribution in [0.5, 0.6) is 11.5 Å². The summed E-state index contributed by atoms with van der Waals surface area (Å²) in [5.41, 5.74) is 1.32. The van der Waals surface area contributed by atoms with Crippen LogP contribution >= 0.6 is 0 Å². The molecule has 0 atom stereocenters. The summed E-state index contributed by atoms with van der Waals surface area (Å²) in [6.45, 7) is 0.361. The first-order valence-electron chi connectivity index (χ1n) is 5.97. The fourth-order valence-corrected chi connectivity index (χ4v) is 1.92. The van der Waals surface area contributed by atoms with E-state index in [9.17, 15) is 0 Å². The minimum Gasteiger partial charge on any atom is -0.454 e. The van der Waals surface area contributed by atoms with Crippen LogP contribution < -0.4 is 9.47 Å². The average Bonchev–Trinajstić information content (AvgIpc) is 3.01. The van der Waals surface area contributed by atoms with Gasteiger partial charge in [-0.3, -0.25) is 0 Å². The first kappa shape index (κ1) is 9.76. The van der Waals surface area contributed by atoms with Crippen molar-refractivity contribution in [2.24, 2.45) is 5.92 Å². The summed E-state index contributed by atoms with van der Waals surface area (Å²) in [4.78, 5) is 0. The Labute approximate surface area is 95.9 Å². The van der Waals surface area contributed by atoms with Crippen molar-refractivity contribution in [2.75, 3.05) is 6.79 Å². The van der Waals surface area contributed by atoms with Crippen molar-refractivity contribution in [1.82, 2.24) is 0 Å². The van der Waals surface area contributed by atoms with Crippen molar-refractivity contribution < 1.29 is 9.47 Å². The maximum absolute atomic E-state index is 5.35. The van der Waals surface area contributed by atoms with Gasteiger partial charge in [0.25, 0.3) is 0 Å². The van der Waals surface area contributed by atoms with Crippen LogP contribution in [0.25, 0.3) is 0 Å². The first-order chi connectivity index (χ1) is 7.92. The van der Waals surface area contributed by atoms with Gasteiger partial charge in [-0.2, -0.15) is 0 Å². The van der Waals surface area contributed by atoms with Gasteiger partial charge in [0.2, 0.25) is 6.79 Å². The van der Waals surface area contributed by atoms with Gasteiger partial charge in [0.15, 0.2) is 11.5 Å². The molecule has 2 heteroatoms. The molecule has 2 nitrogen and oxygen atoms in total. The second-order valence-corrected chi connectivity index (χ2v) is 4.49. The highest BCUT2D eigenvalue weighted by Crippen LogP contribution is 2.33. The molecule has 2 aliphatic rings. The molecule has 1 aliphatic carbocycles. The van der Waals surface area contributed by atoms with Crippen molar-refractivity contribution in [3.63, 3.8) is 0 Å². The predicted molar refractivity (Wildman–Crippen MR) is 62.8 cm³/mol. The summed E-state index contributed by atoms with van der Waals surface area (Å²) in [6, 6.07) is 6.22. The fraction of sp³-hybridized carbons (Fsp3) is 0.429. The Kier molecular flexibility index (Phi) is 2.56. The van der Waals surface area contributed by atoms with E-state index in [4.69, 9.17) is 9.47 Å². The van der Waals surface area contributed by atoms with Gasteiger partial charge in [0.05, 0.1) is 0 Å². The lowest BCUT2D eigenvalue weighted by Gasteiger charge is -2.00. The Bertz CT molecular complexity index is 405. The molecule has 0 aromatic heterocycles. The Balaban J connectivity index is 1.57. The van der Waals surface area contributed by atoms with E-state index in [-0.39, 0.29) is 0 Å². The highest BCUT2D eigenvalue weighted by atomic mass is 16.7. The molecule has 1 aromatic rings. The molecule has 1 saturated carbocycles. The highest BCUT2D eigenvalue weighted by molar-refractivity contribution is 5.44. The lowest BCUT2D eigenvalue weighted by molar-refractivity contribution is 0.174. The zero-order valence-electron chi connectivity index (χ0n) is 9.32. The van der Waals surface area contributed by atoms with E-state index in [1.54, 1.807) is 0 Å². The molecule has 0 spiro atoms. The Morgan fingerprint density at radius 2 is 2.06 bits per heavy atom. The smallest absolute Gasteiger partial charge is 0.231 e. The van der Waals surface area contributed by atoms with Gasteiger partial charge < -0.3 is 9.47 Å². The molecule has 1 aromatic carbocycles. The molecule has 0 bridgehead atoms. The lowest BCUT2D eigenvalue weighted by atomic mass is 10.1. The van der Waals surface area contributed by atoms with Gasteiger partial charge >= 0.3 is 0 Å². The molecule has 1 fully saturated rings. The third-order valence-electron chi connectivity index (χ3n) is 3.07. The van der Waals surface area contributed by atoms with Crippen LogP contribution in [0.15, 0.2) is 30.4 Å². The van der Waals surface area contributed by atoms with Crippen LogP contribution in [-0.2, 0) is 6.42 Å². The van der Waals surface area contributed by atoms with E-state index in [1.165, 1.54) is 18.4 Å². The van der Waals surface area contributed by atoms with Gasteiger partial charge in [-0.15, -0.1) is 0 Å². The maximum Gasteiger partial charge on any atom is 0.231 e. The normalized spacial score (nSPS) is 18.2. The van der Waals surface area contributed by atoms with Crippen LogP contribution in [0.2, 0.25) is 0 Å². The van der Waals surface area contributed by atoms with Crippen molar-refractivity contribution in [3.8, 4) is 11.5 Å². The zero-order valence-corrected chi connectivity index (χ0v) is 9.32. The number of aryl methyl sites for hydroxylation is 1. The molecule has 1 heterocycles. The fourth-order valence-electron chi connectivity index (χ4n) is 1.92. The van der Waals surface area contributed by atoms with Gasteiger partial charge in [-0.05, 0) is 49.3 Å². The molecular weight excluding hydrogens is 200 g/mol. The minimum absolute atomic E-state index is 0.361. The Hall–Kier alpha value is -1.44. The van der Waals surface area contributed by atoms with E-state index in [2.05, 4.69) is 24.3 Å². The molecule has 3 rings (SSSR count). The van der Waals surface area contributed by atoms with Crippen LogP contribution in [0.4, 0.5) is 0 Å². The van der Waals surface area contributed by atoms with E-state index in [1.807, 2.05) is 6.07 Å². The second-order valence-electron chi connectivity index (χ2n) is 4.49. The third kappa shape index (κ3) is 2.21. The van der Waals surface area contributed by atoms with E-state index in [0.29, 0.717) is 6.79 Å². The zero-order chi connectivity index (χ0) is 10.8. The SMILES string of the molecule is C(=C\C1CC1)/CCc1ccc2c(c1)OCO2. The second kappa shape index (κ2) is 4.20. The summed E-state index contributed by atoms with van der Waals surface area (Å²) in [7, 11) is 0. The molecular formula is C14H16O2. The number of hydrogen-bond donors (Lipinski definition) is 0. The van der Waals surface area contributed by atoms with E-state index < -0.39 is 0 Å². The molecule has 0 unspecified atom stereocenters. The third-order valence-corrected chi connectivity index (χ3v) is 3.07. The number of hydrogen-bond acceptors (Lipinski definition) is 2. The number of allylic oxidation sites excluding steroid dienone is 2. The predicted octanol–water partition coefficient (Wildman–Crippen LogP) is 3.31. The monoisotopic (exact) mass is 216 g/mol. The van der Waals surface area contributed by atoms with Gasteiger partial charge in [-0.1, -0.05) is 18.2 Å². The summed E-state index contributed by atoms with van der Waals surface area (Å²) in [5.74, 6) is 2.65. The van der Waals surface area contributed by atoms with Crippen molar-refractivity contribution in [1.29, 1.82) is 0 Å². The van der Waals surface area contributed by atoms with Crippen molar-refractivity contribution in [3.05, 3.63) is 35.9 Å². The minimum atomic E-state index is 0.361. The molecule has 0 N–H and O–H groups in total. The Morgan fingerprint density at radius 1 is 1.19 bits per heavy atom. The summed E-state index contributed by atoms with van der Waals surface area (Å²) >= 11 is 0. The number of benzene rings is 1. The van der Waals surface area contributed by atoms with Crippen LogP contribution in [0.3, 0.4) is 0 Å². The van der Waals surface area contributed by atoms with Gasteiger partial charge in [-0.25, -0.2) is 0 Å². The van der Waals surface area contributed by atoms with Crippen LogP contribution in [-0.4, -0.2) is 6.79 Å². The molecule has 16 heavy (non-hydrogen) atoms. The molecule has 84 valence electrons. The lowest BCUT2D eigenvalue weighted by Crippen LogP contribution is -1.92. The van der Waals surface area contributed by atoms with Gasteiger partial charge in [0.1, 0.15) is 0 Å². The molecule has 0 radical (unpaired) electrons. The maximum atomic E-state index is 5.35. The summed E-state index contributed by atoms with van der Waals surface area (Å²) in [6.07, 6.45) is 9.65. The van der Waals surface area contributed by atoms with Crippen molar-refractivity contribution in [2.45, 2.75) is 25.7 Å². The number of ether oxygens (including phenoxy) is 2. The summed E-state index contributed by atoms with van der Waals surface area (Å²) < 4.78 is 10.6. The highest BCUT2D eigenvalue weighted by Gasteiger charge is 2.16. The number of fused-ring (bicyclic) bond motifs is 1.